The lowest BCUT2D eigenvalue weighted by atomic mass is 10.00. The van der Waals surface area contributed by atoms with Crippen molar-refractivity contribution in [2.45, 2.75) is 25.4 Å². The topological polar surface area (TPSA) is 109 Å². The quantitative estimate of drug-likeness (QED) is 0.273. The monoisotopic (exact) mass is 465 g/mol. The number of nitrogens with zero attached hydrogens (tertiary/aromatic N) is 3. The number of hydroxylamine groups is 1. The number of hydrogen-bond donors (Lipinski definition) is 3. The summed E-state index contributed by atoms with van der Waals surface area (Å²) < 4.78 is 27.9. The zero-order valence-corrected chi connectivity index (χ0v) is 17.9. The Bertz CT molecular complexity index is 1340. The van der Waals surface area contributed by atoms with Crippen LogP contribution in [0.2, 0.25) is 0 Å². The van der Waals surface area contributed by atoms with E-state index in [9.17, 15) is 18.4 Å². The minimum absolute atomic E-state index is 0.00722. The predicted molar refractivity (Wildman–Crippen MR) is 119 cm³/mol. The van der Waals surface area contributed by atoms with Gasteiger partial charge in [0.1, 0.15) is 5.69 Å². The third kappa shape index (κ3) is 5.41. The van der Waals surface area contributed by atoms with Crippen molar-refractivity contribution in [3.8, 4) is 0 Å². The largest absolute Gasteiger partial charge is 0.346 e. The van der Waals surface area contributed by atoms with Crippen molar-refractivity contribution in [3.05, 3.63) is 95.3 Å². The van der Waals surface area contributed by atoms with E-state index >= 15 is 0 Å². The Kier molecular flexibility index (Phi) is 6.88. The second-order valence-corrected chi connectivity index (χ2v) is 7.78. The molecular weight excluding hydrogens is 444 g/mol. The molecule has 34 heavy (non-hydrogen) atoms. The Morgan fingerprint density at radius 2 is 1.79 bits per heavy atom. The van der Waals surface area contributed by atoms with E-state index in [4.69, 9.17) is 5.21 Å². The maximum absolute atomic E-state index is 13.4. The summed E-state index contributed by atoms with van der Waals surface area (Å²) >= 11 is 0. The molecule has 0 radical (unpaired) electrons. The highest BCUT2D eigenvalue weighted by Crippen LogP contribution is 2.22. The molecule has 0 bridgehead atoms. The van der Waals surface area contributed by atoms with Crippen LogP contribution >= 0.6 is 0 Å². The van der Waals surface area contributed by atoms with Crippen molar-refractivity contribution in [2.24, 2.45) is 0 Å². The van der Waals surface area contributed by atoms with E-state index in [0.717, 1.165) is 28.5 Å². The second-order valence-electron chi connectivity index (χ2n) is 7.78. The molecule has 2 amide bonds. The van der Waals surface area contributed by atoms with E-state index in [0.29, 0.717) is 12.1 Å². The average Bonchev–Trinajstić information content (AvgIpc) is 3.32. The maximum atomic E-state index is 13.4. The number of benzene rings is 3. The van der Waals surface area contributed by atoms with Gasteiger partial charge >= 0.3 is 0 Å². The van der Waals surface area contributed by atoms with Crippen LogP contribution in [0.5, 0.6) is 0 Å². The predicted octanol–water partition coefficient (Wildman–Crippen LogP) is 3.32. The van der Waals surface area contributed by atoms with Crippen LogP contribution < -0.4 is 10.8 Å². The van der Waals surface area contributed by atoms with E-state index in [1.54, 1.807) is 11.7 Å². The molecule has 4 rings (SSSR count). The lowest BCUT2D eigenvalue weighted by Crippen LogP contribution is -2.25. The number of nitrogens with one attached hydrogen (secondary N) is 2. The number of amides is 2. The van der Waals surface area contributed by atoms with Crippen LogP contribution in [0, 0.1) is 11.6 Å². The standard InChI is InChI=1S/C24H21F2N5O3/c25-21-8-7-18(11-22(21)26)24(33)27-13-19-14-31(30-28-19)20(12-23(32)29-34)10-15-5-6-16-3-1-2-4-17(16)9-15/h1-9,11,14,20,34H,10,12-13H2,(H,27,33)(H,29,32)/t20-/m1/s1. The van der Waals surface area contributed by atoms with E-state index in [1.165, 1.54) is 10.7 Å². The molecule has 0 aliphatic carbocycles. The van der Waals surface area contributed by atoms with Gasteiger partial charge in [-0.3, -0.25) is 14.8 Å². The van der Waals surface area contributed by atoms with Crippen molar-refractivity contribution in [1.29, 1.82) is 0 Å². The molecule has 0 aliphatic heterocycles. The number of hydrogen-bond acceptors (Lipinski definition) is 5. The van der Waals surface area contributed by atoms with Crippen LogP contribution in [0.3, 0.4) is 0 Å². The van der Waals surface area contributed by atoms with E-state index in [-0.39, 0.29) is 18.5 Å². The molecule has 0 unspecified atom stereocenters. The third-order valence-electron chi connectivity index (χ3n) is 5.37. The van der Waals surface area contributed by atoms with Crippen LogP contribution in [0.4, 0.5) is 8.78 Å². The molecule has 4 aromatic rings. The SMILES string of the molecule is O=C(C[C@@H](Cc1ccc2ccccc2c1)n1cc(CNC(=O)c2ccc(F)c(F)c2)nn1)NO. The van der Waals surface area contributed by atoms with Gasteiger partial charge in [-0.2, -0.15) is 0 Å². The summed E-state index contributed by atoms with van der Waals surface area (Å²) in [6.07, 6.45) is 1.98. The van der Waals surface area contributed by atoms with Gasteiger partial charge in [0.25, 0.3) is 5.91 Å². The van der Waals surface area contributed by atoms with Gasteiger partial charge in [0.05, 0.1) is 25.2 Å². The Morgan fingerprint density at radius 3 is 2.56 bits per heavy atom. The Balaban J connectivity index is 1.47. The molecule has 3 N–H and O–H groups in total. The maximum Gasteiger partial charge on any atom is 0.251 e. The number of fused-ring (bicyclic) bond motifs is 1. The van der Waals surface area contributed by atoms with Crippen molar-refractivity contribution in [1.82, 2.24) is 25.8 Å². The number of carbonyl (C=O) groups excluding carboxylic acids is 2. The molecule has 0 saturated carbocycles. The lowest BCUT2D eigenvalue weighted by molar-refractivity contribution is -0.130. The number of carbonyl (C=O) groups is 2. The fourth-order valence-corrected chi connectivity index (χ4v) is 3.64. The molecule has 3 aromatic carbocycles. The molecular formula is C24H21F2N5O3. The molecule has 0 saturated heterocycles. The molecule has 1 aromatic heterocycles. The summed E-state index contributed by atoms with van der Waals surface area (Å²) in [6.45, 7) is -0.00722. The Labute approximate surface area is 193 Å². The first kappa shape index (κ1) is 23.0. The third-order valence-corrected chi connectivity index (χ3v) is 5.37. The van der Waals surface area contributed by atoms with Crippen LogP contribution in [-0.4, -0.2) is 32.0 Å². The average molecular weight is 465 g/mol. The van der Waals surface area contributed by atoms with Crippen molar-refractivity contribution in [2.75, 3.05) is 0 Å². The van der Waals surface area contributed by atoms with Crippen molar-refractivity contribution in [3.63, 3.8) is 0 Å². The molecule has 174 valence electrons. The summed E-state index contributed by atoms with van der Waals surface area (Å²) in [5.74, 6) is -3.32. The Morgan fingerprint density at radius 1 is 1.00 bits per heavy atom. The van der Waals surface area contributed by atoms with E-state index < -0.39 is 29.5 Å². The summed E-state index contributed by atoms with van der Waals surface area (Å²) in [7, 11) is 0. The van der Waals surface area contributed by atoms with Crippen molar-refractivity contribution < 1.29 is 23.6 Å². The minimum Gasteiger partial charge on any atom is -0.346 e. The van der Waals surface area contributed by atoms with Crippen LogP contribution in [0.1, 0.15) is 34.1 Å². The summed E-state index contributed by atoms with van der Waals surface area (Å²) in [5, 5.41) is 21.8. The molecule has 8 nitrogen and oxygen atoms in total. The van der Waals surface area contributed by atoms with Gasteiger partial charge in [-0.25, -0.2) is 18.9 Å². The van der Waals surface area contributed by atoms with Gasteiger partial charge in [-0.05, 0) is 41.0 Å². The molecule has 10 heteroatoms. The van der Waals surface area contributed by atoms with E-state index in [1.807, 2.05) is 42.5 Å². The zero-order chi connectivity index (χ0) is 24.1. The zero-order valence-electron chi connectivity index (χ0n) is 17.9. The highest BCUT2D eigenvalue weighted by atomic mass is 19.2. The first-order chi connectivity index (χ1) is 16.4. The minimum atomic E-state index is -1.11. The van der Waals surface area contributed by atoms with Crippen LogP contribution in [0.25, 0.3) is 10.8 Å². The number of halogens is 2. The fraction of sp³-hybridized carbons (Fsp3) is 0.167. The molecule has 1 heterocycles. The number of aromatic nitrogens is 3. The molecule has 0 spiro atoms. The van der Waals surface area contributed by atoms with E-state index in [2.05, 4.69) is 15.6 Å². The number of rotatable bonds is 8. The van der Waals surface area contributed by atoms with Gasteiger partial charge in [0.2, 0.25) is 5.91 Å². The van der Waals surface area contributed by atoms with Gasteiger partial charge < -0.3 is 5.32 Å². The molecule has 0 aliphatic rings. The highest BCUT2D eigenvalue weighted by molar-refractivity contribution is 5.94. The molecule has 0 fully saturated rings. The lowest BCUT2D eigenvalue weighted by Gasteiger charge is -2.16. The van der Waals surface area contributed by atoms with Crippen molar-refractivity contribution >= 4 is 22.6 Å². The van der Waals surface area contributed by atoms with Gasteiger partial charge in [0.15, 0.2) is 11.6 Å². The first-order valence-electron chi connectivity index (χ1n) is 10.5. The van der Waals surface area contributed by atoms with Gasteiger partial charge in [-0.15, -0.1) is 5.10 Å². The normalized spacial score (nSPS) is 11.9. The summed E-state index contributed by atoms with van der Waals surface area (Å²) in [6, 6.07) is 16.3. The van der Waals surface area contributed by atoms with Crippen LogP contribution in [-0.2, 0) is 17.8 Å². The fourth-order valence-electron chi connectivity index (χ4n) is 3.64. The van der Waals surface area contributed by atoms with Gasteiger partial charge in [-0.1, -0.05) is 47.7 Å². The summed E-state index contributed by atoms with van der Waals surface area (Å²) in [5.41, 5.74) is 2.99. The van der Waals surface area contributed by atoms with Gasteiger partial charge in [0, 0.05) is 5.56 Å². The molecule has 1 atom stereocenters. The Hall–Kier alpha value is -4.18. The first-order valence-corrected chi connectivity index (χ1v) is 10.5. The summed E-state index contributed by atoms with van der Waals surface area (Å²) in [4.78, 5) is 24.1. The highest BCUT2D eigenvalue weighted by Gasteiger charge is 2.19. The second kappa shape index (κ2) is 10.2. The smallest absolute Gasteiger partial charge is 0.251 e. The van der Waals surface area contributed by atoms with Crippen LogP contribution in [0.15, 0.2) is 66.9 Å².